The van der Waals surface area contributed by atoms with E-state index in [1.54, 1.807) is 0 Å². The Kier molecular flexibility index (Phi) is 5.45. The molecule has 2 aliphatic carbocycles. The molecule has 2 aliphatic rings. The lowest BCUT2D eigenvalue weighted by Crippen LogP contribution is -2.58. The van der Waals surface area contributed by atoms with Crippen LogP contribution in [0.4, 0.5) is 0 Å². The highest BCUT2D eigenvalue weighted by Crippen LogP contribution is 2.41. The molecule has 144 valence electrons. The van der Waals surface area contributed by atoms with Gasteiger partial charge >= 0.3 is 0 Å². The fourth-order valence-corrected chi connectivity index (χ4v) is 5.09. The summed E-state index contributed by atoms with van der Waals surface area (Å²) in [5.74, 6) is 0.224. The minimum absolute atomic E-state index is 0.0352. The van der Waals surface area contributed by atoms with Crippen molar-refractivity contribution in [3.8, 4) is 0 Å². The van der Waals surface area contributed by atoms with Gasteiger partial charge in [0.05, 0.1) is 6.54 Å². The maximum Gasteiger partial charge on any atom is 0.252 e. The summed E-state index contributed by atoms with van der Waals surface area (Å²) in [6.07, 6.45) is 4.91. The van der Waals surface area contributed by atoms with Crippen LogP contribution in [0.15, 0.2) is 24.3 Å². The molecule has 1 amide bonds. The molecule has 4 nitrogen and oxygen atoms in total. The molecule has 0 heterocycles. The first-order valence-corrected chi connectivity index (χ1v) is 10.1. The molecule has 0 saturated heterocycles. The lowest BCUT2D eigenvalue weighted by Gasteiger charge is -2.44. The number of hydrogen-bond acceptors (Lipinski definition) is 3. The Morgan fingerprint density at radius 2 is 2.00 bits per heavy atom. The first-order valence-electron chi connectivity index (χ1n) is 10.1. The third kappa shape index (κ3) is 3.54. The standard InChI is InChI=1S/C22H33NO3/c1-15(2)18-11-10-16(3)13-22(18,26)20(24)23-14-21(25)12-6-8-17-7-4-5-9-19(17)21/h4-5,7,9,15-16,18,25-26H,6,8,10-14H2,1-3H3,(H,23,24)/t16-,18+,21?,22+/m1/s1. The zero-order valence-corrected chi connectivity index (χ0v) is 16.3. The van der Waals surface area contributed by atoms with Gasteiger partial charge < -0.3 is 15.5 Å². The summed E-state index contributed by atoms with van der Waals surface area (Å²) in [5.41, 5.74) is -0.318. The molecule has 26 heavy (non-hydrogen) atoms. The third-order valence-electron chi connectivity index (χ3n) is 6.54. The number of hydrogen-bond donors (Lipinski definition) is 3. The Morgan fingerprint density at radius 3 is 2.73 bits per heavy atom. The molecule has 0 radical (unpaired) electrons. The van der Waals surface area contributed by atoms with E-state index >= 15 is 0 Å². The first kappa shape index (κ1) is 19.4. The van der Waals surface area contributed by atoms with Gasteiger partial charge in [-0.05, 0) is 61.0 Å². The van der Waals surface area contributed by atoms with Gasteiger partial charge in [-0.15, -0.1) is 0 Å². The number of aliphatic hydroxyl groups is 2. The molecule has 1 aromatic carbocycles. The predicted molar refractivity (Wildman–Crippen MR) is 103 cm³/mol. The number of benzene rings is 1. The zero-order valence-electron chi connectivity index (χ0n) is 16.3. The van der Waals surface area contributed by atoms with Crippen molar-refractivity contribution in [2.24, 2.45) is 17.8 Å². The van der Waals surface area contributed by atoms with Gasteiger partial charge in [0, 0.05) is 0 Å². The van der Waals surface area contributed by atoms with Crippen molar-refractivity contribution in [3.05, 3.63) is 35.4 Å². The Balaban J connectivity index is 1.76. The second-order valence-electron chi connectivity index (χ2n) is 8.89. The molecule has 0 aliphatic heterocycles. The quantitative estimate of drug-likeness (QED) is 0.773. The van der Waals surface area contributed by atoms with E-state index in [2.05, 4.69) is 26.1 Å². The van der Waals surface area contributed by atoms with Gasteiger partial charge in [0.1, 0.15) is 11.2 Å². The molecular weight excluding hydrogens is 326 g/mol. The SMILES string of the molecule is CC(C)[C@@H]1CC[C@@H](C)C[C@@]1(O)C(=O)NCC1(O)CCCc2ccccc21. The molecule has 1 saturated carbocycles. The second kappa shape index (κ2) is 7.32. The lowest BCUT2D eigenvalue weighted by atomic mass is 9.66. The van der Waals surface area contributed by atoms with Crippen molar-refractivity contribution in [2.45, 2.75) is 70.5 Å². The highest BCUT2D eigenvalue weighted by molar-refractivity contribution is 5.85. The van der Waals surface area contributed by atoms with Crippen LogP contribution in [-0.4, -0.2) is 28.3 Å². The van der Waals surface area contributed by atoms with Gasteiger partial charge in [-0.3, -0.25) is 4.79 Å². The summed E-state index contributed by atoms with van der Waals surface area (Å²) in [5, 5.41) is 25.4. The number of amides is 1. The van der Waals surface area contributed by atoms with Crippen molar-refractivity contribution in [1.29, 1.82) is 0 Å². The smallest absolute Gasteiger partial charge is 0.252 e. The average Bonchev–Trinajstić information content (AvgIpc) is 2.60. The lowest BCUT2D eigenvalue weighted by molar-refractivity contribution is -0.157. The Bertz CT molecular complexity index is 659. The van der Waals surface area contributed by atoms with Crippen LogP contribution in [0.5, 0.6) is 0 Å². The number of nitrogens with one attached hydrogen (secondary N) is 1. The van der Waals surface area contributed by atoms with Crippen molar-refractivity contribution < 1.29 is 15.0 Å². The van der Waals surface area contributed by atoms with Gasteiger partial charge in [-0.1, -0.05) is 51.5 Å². The van der Waals surface area contributed by atoms with E-state index in [9.17, 15) is 15.0 Å². The summed E-state index contributed by atoms with van der Waals surface area (Å²) in [7, 11) is 0. The van der Waals surface area contributed by atoms with Crippen LogP contribution in [-0.2, 0) is 16.8 Å². The first-order chi connectivity index (χ1) is 12.3. The average molecular weight is 360 g/mol. The van der Waals surface area contributed by atoms with Crippen LogP contribution >= 0.6 is 0 Å². The summed E-state index contributed by atoms with van der Waals surface area (Å²) >= 11 is 0. The van der Waals surface area contributed by atoms with Gasteiger partial charge in [-0.25, -0.2) is 0 Å². The normalized spacial score (nSPS) is 34.4. The van der Waals surface area contributed by atoms with Gasteiger partial charge in [0.2, 0.25) is 0 Å². The van der Waals surface area contributed by atoms with E-state index in [4.69, 9.17) is 0 Å². The van der Waals surface area contributed by atoms with Crippen LogP contribution < -0.4 is 5.32 Å². The fourth-order valence-electron chi connectivity index (χ4n) is 5.09. The minimum atomic E-state index is -1.34. The number of fused-ring (bicyclic) bond motifs is 1. The molecule has 1 unspecified atom stereocenters. The molecular formula is C22H33NO3. The van der Waals surface area contributed by atoms with Crippen LogP contribution in [0, 0.1) is 17.8 Å². The largest absolute Gasteiger partial charge is 0.383 e. The topological polar surface area (TPSA) is 69.6 Å². The maximum absolute atomic E-state index is 13.0. The molecule has 0 spiro atoms. The highest BCUT2D eigenvalue weighted by Gasteiger charge is 2.49. The number of aryl methyl sites for hydroxylation is 1. The van der Waals surface area contributed by atoms with Gasteiger partial charge in [0.25, 0.3) is 5.91 Å². The highest BCUT2D eigenvalue weighted by atomic mass is 16.3. The summed E-state index contributed by atoms with van der Waals surface area (Å²) in [4.78, 5) is 13.0. The van der Waals surface area contributed by atoms with E-state index in [0.717, 1.165) is 36.8 Å². The van der Waals surface area contributed by atoms with Crippen molar-refractivity contribution in [2.75, 3.05) is 6.54 Å². The number of carbonyl (C=O) groups is 1. The number of carbonyl (C=O) groups excluding carboxylic acids is 1. The van der Waals surface area contributed by atoms with Crippen molar-refractivity contribution in [1.82, 2.24) is 5.32 Å². The van der Waals surface area contributed by atoms with E-state index in [1.165, 1.54) is 0 Å². The fraction of sp³-hybridized carbons (Fsp3) is 0.682. The second-order valence-corrected chi connectivity index (χ2v) is 8.89. The van der Waals surface area contributed by atoms with Crippen LogP contribution in [0.1, 0.15) is 64.0 Å². The van der Waals surface area contributed by atoms with E-state index in [0.29, 0.717) is 18.8 Å². The monoisotopic (exact) mass is 359 g/mol. The maximum atomic E-state index is 13.0. The summed E-state index contributed by atoms with van der Waals surface area (Å²) in [6.45, 7) is 6.40. The zero-order chi connectivity index (χ0) is 18.9. The molecule has 1 fully saturated rings. The van der Waals surface area contributed by atoms with Crippen molar-refractivity contribution in [3.63, 3.8) is 0 Å². The molecule has 4 atom stereocenters. The molecule has 4 heteroatoms. The predicted octanol–water partition coefficient (Wildman–Crippen LogP) is 3.15. The summed E-state index contributed by atoms with van der Waals surface area (Å²) < 4.78 is 0. The van der Waals surface area contributed by atoms with E-state index < -0.39 is 11.2 Å². The van der Waals surface area contributed by atoms with Gasteiger partial charge in [0.15, 0.2) is 0 Å². The molecule has 0 bridgehead atoms. The Hall–Kier alpha value is -1.39. The summed E-state index contributed by atoms with van der Waals surface area (Å²) in [6, 6.07) is 7.92. The van der Waals surface area contributed by atoms with Crippen LogP contribution in [0.2, 0.25) is 0 Å². The van der Waals surface area contributed by atoms with Crippen molar-refractivity contribution >= 4 is 5.91 Å². The van der Waals surface area contributed by atoms with Crippen LogP contribution in [0.3, 0.4) is 0 Å². The van der Waals surface area contributed by atoms with Gasteiger partial charge in [-0.2, -0.15) is 0 Å². The third-order valence-corrected chi connectivity index (χ3v) is 6.54. The van der Waals surface area contributed by atoms with E-state index in [1.807, 2.05) is 24.3 Å². The Morgan fingerprint density at radius 1 is 1.27 bits per heavy atom. The van der Waals surface area contributed by atoms with Crippen LogP contribution in [0.25, 0.3) is 0 Å². The minimum Gasteiger partial charge on any atom is -0.383 e. The number of rotatable bonds is 4. The Labute approximate surface area is 157 Å². The molecule has 3 N–H and O–H groups in total. The molecule has 1 aromatic rings. The molecule has 3 rings (SSSR count). The van der Waals surface area contributed by atoms with E-state index in [-0.39, 0.29) is 24.3 Å². The molecule has 0 aromatic heterocycles.